The predicted octanol–water partition coefficient (Wildman–Crippen LogP) is 1.65. The first-order valence-electron chi connectivity index (χ1n) is 5.69. The second-order valence-corrected chi connectivity index (χ2v) is 3.72. The molecule has 1 aromatic carbocycles. The standard InChI is InChI=1S/C12H15FN4O/c1-3-14-11(12-15-7-16-17-12)8-5-4-6-9(18-2)10(8)13/h4-7,11,14H,3H2,1-2H3,(H,15,16,17). The number of halogens is 1. The van der Waals surface area contributed by atoms with E-state index in [1.807, 2.05) is 6.92 Å². The van der Waals surface area contributed by atoms with Gasteiger partial charge in [0.2, 0.25) is 0 Å². The minimum absolute atomic E-state index is 0.218. The quantitative estimate of drug-likeness (QED) is 0.847. The molecular formula is C12H15FN4O. The molecule has 18 heavy (non-hydrogen) atoms. The third-order valence-corrected chi connectivity index (χ3v) is 2.64. The Bertz CT molecular complexity index is 501. The van der Waals surface area contributed by atoms with E-state index in [-0.39, 0.29) is 17.6 Å². The molecule has 2 N–H and O–H groups in total. The second-order valence-electron chi connectivity index (χ2n) is 3.72. The second kappa shape index (κ2) is 5.59. The zero-order chi connectivity index (χ0) is 13.0. The molecule has 1 heterocycles. The molecular weight excluding hydrogens is 235 g/mol. The lowest BCUT2D eigenvalue weighted by Gasteiger charge is -2.17. The van der Waals surface area contributed by atoms with Crippen LogP contribution in [0.15, 0.2) is 24.5 Å². The molecule has 0 aliphatic heterocycles. The molecule has 0 saturated heterocycles. The van der Waals surface area contributed by atoms with Crippen molar-refractivity contribution in [3.8, 4) is 5.75 Å². The molecule has 0 aliphatic carbocycles. The summed E-state index contributed by atoms with van der Waals surface area (Å²) < 4.78 is 19.2. The van der Waals surface area contributed by atoms with Crippen LogP contribution in [-0.4, -0.2) is 28.8 Å². The fourth-order valence-corrected chi connectivity index (χ4v) is 1.82. The molecule has 0 spiro atoms. The van der Waals surface area contributed by atoms with E-state index in [9.17, 15) is 4.39 Å². The van der Waals surface area contributed by atoms with Gasteiger partial charge in [0.15, 0.2) is 11.6 Å². The third-order valence-electron chi connectivity index (χ3n) is 2.64. The van der Waals surface area contributed by atoms with Gasteiger partial charge in [-0.15, -0.1) is 0 Å². The Morgan fingerprint density at radius 3 is 2.94 bits per heavy atom. The number of aromatic nitrogens is 3. The molecule has 0 bridgehead atoms. The number of methoxy groups -OCH3 is 1. The smallest absolute Gasteiger partial charge is 0.170 e. The summed E-state index contributed by atoms with van der Waals surface area (Å²) in [5.74, 6) is 0.404. The highest BCUT2D eigenvalue weighted by atomic mass is 19.1. The highest BCUT2D eigenvalue weighted by molar-refractivity contribution is 5.35. The van der Waals surface area contributed by atoms with E-state index in [0.717, 1.165) is 0 Å². The van der Waals surface area contributed by atoms with E-state index in [0.29, 0.717) is 17.9 Å². The van der Waals surface area contributed by atoms with E-state index in [1.165, 1.54) is 13.4 Å². The Morgan fingerprint density at radius 2 is 2.33 bits per heavy atom. The van der Waals surface area contributed by atoms with Crippen molar-refractivity contribution in [1.29, 1.82) is 0 Å². The average Bonchev–Trinajstić information content (AvgIpc) is 2.90. The maximum absolute atomic E-state index is 14.2. The van der Waals surface area contributed by atoms with Crippen LogP contribution < -0.4 is 10.1 Å². The van der Waals surface area contributed by atoms with Crippen LogP contribution in [0.2, 0.25) is 0 Å². The molecule has 5 nitrogen and oxygen atoms in total. The summed E-state index contributed by atoms with van der Waals surface area (Å²) in [6.07, 6.45) is 1.40. The largest absolute Gasteiger partial charge is 0.494 e. The van der Waals surface area contributed by atoms with E-state index in [1.54, 1.807) is 18.2 Å². The van der Waals surface area contributed by atoms with Crippen molar-refractivity contribution in [2.24, 2.45) is 0 Å². The zero-order valence-electron chi connectivity index (χ0n) is 10.3. The van der Waals surface area contributed by atoms with Crippen LogP contribution >= 0.6 is 0 Å². The number of ether oxygens (including phenoxy) is 1. The van der Waals surface area contributed by atoms with Gasteiger partial charge in [0.1, 0.15) is 12.2 Å². The number of H-pyrrole nitrogens is 1. The number of benzene rings is 1. The van der Waals surface area contributed by atoms with Crippen LogP contribution in [0.1, 0.15) is 24.4 Å². The summed E-state index contributed by atoms with van der Waals surface area (Å²) >= 11 is 0. The van der Waals surface area contributed by atoms with Gasteiger partial charge in [0.05, 0.1) is 13.2 Å². The van der Waals surface area contributed by atoms with Gasteiger partial charge in [-0.3, -0.25) is 5.10 Å². The summed E-state index contributed by atoms with van der Waals surface area (Å²) in [5, 5.41) is 9.71. The number of hydrogen-bond donors (Lipinski definition) is 2. The number of aromatic amines is 1. The Kier molecular flexibility index (Phi) is 3.88. The maximum Gasteiger partial charge on any atom is 0.170 e. The lowest BCUT2D eigenvalue weighted by molar-refractivity contribution is 0.381. The predicted molar refractivity (Wildman–Crippen MR) is 64.9 cm³/mol. The van der Waals surface area contributed by atoms with Gasteiger partial charge < -0.3 is 10.1 Å². The summed E-state index contributed by atoms with van der Waals surface area (Å²) in [6.45, 7) is 2.63. The van der Waals surface area contributed by atoms with E-state index in [2.05, 4.69) is 20.5 Å². The molecule has 0 fully saturated rings. The summed E-state index contributed by atoms with van der Waals surface area (Å²) in [5.41, 5.74) is 0.480. The van der Waals surface area contributed by atoms with E-state index < -0.39 is 0 Å². The molecule has 2 aromatic rings. The van der Waals surface area contributed by atoms with Crippen LogP contribution in [0, 0.1) is 5.82 Å². The molecule has 1 atom stereocenters. The Balaban J connectivity index is 2.43. The van der Waals surface area contributed by atoms with Crippen LogP contribution in [-0.2, 0) is 0 Å². The van der Waals surface area contributed by atoms with Gasteiger partial charge in [-0.25, -0.2) is 9.37 Å². The van der Waals surface area contributed by atoms with Crippen molar-refractivity contribution in [2.75, 3.05) is 13.7 Å². The molecule has 0 radical (unpaired) electrons. The van der Waals surface area contributed by atoms with Crippen LogP contribution in [0.3, 0.4) is 0 Å². The normalized spacial score (nSPS) is 12.4. The molecule has 2 rings (SSSR count). The Hall–Kier alpha value is -1.95. The molecule has 0 amide bonds. The molecule has 1 unspecified atom stereocenters. The van der Waals surface area contributed by atoms with Gasteiger partial charge in [-0.05, 0) is 12.6 Å². The fraction of sp³-hybridized carbons (Fsp3) is 0.333. The van der Waals surface area contributed by atoms with Crippen LogP contribution in [0.5, 0.6) is 5.75 Å². The summed E-state index contributed by atoms with van der Waals surface area (Å²) in [4.78, 5) is 4.07. The van der Waals surface area contributed by atoms with Crippen LogP contribution in [0.25, 0.3) is 0 Å². The number of nitrogens with one attached hydrogen (secondary N) is 2. The van der Waals surface area contributed by atoms with Gasteiger partial charge in [-0.1, -0.05) is 19.1 Å². The first-order chi connectivity index (χ1) is 8.77. The number of rotatable bonds is 5. The first-order valence-corrected chi connectivity index (χ1v) is 5.69. The highest BCUT2D eigenvalue weighted by Gasteiger charge is 2.21. The van der Waals surface area contributed by atoms with Gasteiger partial charge >= 0.3 is 0 Å². The Morgan fingerprint density at radius 1 is 1.50 bits per heavy atom. The van der Waals surface area contributed by atoms with Crippen molar-refractivity contribution < 1.29 is 9.13 Å². The van der Waals surface area contributed by atoms with Crippen molar-refractivity contribution in [2.45, 2.75) is 13.0 Å². The third kappa shape index (κ3) is 2.33. The van der Waals surface area contributed by atoms with Crippen molar-refractivity contribution >= 4 is 0 Å². The van der Waals surface area contributed by atoms with Gasteiger partial charge in [0.25, 0.3) is 0 Å². The molecule has 1 aromatic heterocycles. The van der Waals surface area contributed by atoms with E-state index >= 15 is 0 Å². The van der Waals surface area contributed by atoms with E-state index in [4.69, 9.17) is 4.74 Å². The highest BCUT2D eigenvalue weighted by Crippen LogP contribution is 2.27. The average molecular weight is 250 g/mol. The fourth-order valence-electron chi connectivity index (χ4n) is 1.82. The first kappa shape index (κ1) is 12.5. The topological polar surface area (TPSA) is 62.8 Å². The van der Waals surface area contributed by atoms with Gasteiger partial charge in [0, 0.05) is 5.56 Å². The summed E-state index contributed by atoms with van der Waals surface area (Å²) in [7, 11) is 1.44. The lowest BCUT2D eigenvalue weighted by atomic mass is 10.1. The molecule has 0 saturated carbocycles. The molecule has 96 valence electrons. The van der Waals surface area contributed by atoms with Crippen molar-refractivity contribution in [3.05, 3.63) is 41.7 Å². The SMILES string of the molecule is CCNC(c1ncn[nH]1)c1cccc(OC)c1F. The number of nitrogens with zero attached hydrogens (tertiary/aromatic N) is 2. The van der Waals surface area contributed by atoms with Gasteiger partial charge in [-0.2, -0.15) is 5.10 Å². The maximum atomic E-state index is 14.2. The monoisotopic (exact) mass is 250 g/mol. The Labute approximate surface area is 104 Å². The zero-order valence-corrected chi connectivity index (χ0v) is 10.3. The van der Waals surface area contributed by atoms with Crippen LogP contribution in [0.4, 0.5) is 4.39 Å². The minimum atomic E-state index is -0.387. The molecule has 0 aliphatic rings. The van der Waals surface area contributed by atoms with Crippen molar-refractivity contribution in [3.63, 3.8) is 0 Å². The minimum Gasteiger partial charge on any atom is -0.494 e. The molecule has 6 heteroatoms. The lowest BCUT2D eigenvalue weighted by Crippen LogP contribution is -2.24. The van der Waals surface area contributed by atoms with Crippen molar-refractivity contribution in [1.82, 2.24) is 20.5 Å². The summed E-state index contributed by atoms with van der Waals surface area (Å²) in [6, 6.07) is 4.67. The number of hydrogen-bond acceptors (Lipinski definition) is 4.